The van der Waals surface area contributed by atoms with E-state index in [9.17, 15) is 4.79 Å². The molecule has 1 aromatic heterocycles. The van der Waals surface area contributed by atoms with E-state index in [1.165, 1.54) is 4.90 Å². The first-order valence-electron chi connectivity index (χ1n) is 8.04. The molecule has 7 nitrogen and oxygen atoms in total. The molecular formula is C19H19N3O4. The van der Waals surface area contributed by atoms with Gasteiger partial charge in [0.1, 0.15) is 11.5 Å². The van der Waals surface area contributed by atoms with Gasteiger partial charge in [-0.25, -0.2) is 0 Å². The largest absolute Gasteiger partial charge is 0.497 e. The number of likely N-dealkylation sites (N-methyl/N-ethyl adjacent to an activating group) is 1. The predicted molar refractivity (Wildman–Crippen MR) is 94.7 cm³/mol. The molecule has 0 fully saturated rings. The van der Waals surface area contributed by atoms with Crippen molar-refractivity contribution in [3.05, 3.63) is 60.5 Å². The van der Waals surface area contributed by atoms with Crippen molar-refractivity contribution in [2.75, 3.05) is 20.8 Å². The minimum absolute atomic E-state index is 0.0808. The number of hydrogen-bond donors (Lipinski definition) is 0. The normalized spacial score (nSPS) is 10.4. The van der Waals surface area contributed by atoms with Gasteiger partial charge in [-0.2, -0.15) is 0 Å². The first-order chi connectivity index (χ1) is 12.7. The molecule has 7 heteroatoms. The highest BCUT2D eigenvalue weighted by atomic mass is 16.5. The molecule has 3 aromatic rings. The molecule has 0 N–H and O–H groups in total. The highest BCUT2D eigenvalue weighted by Gasteiger charge is 2.15. The fourth-order valence-electron chi connectivity index (χ4n) is 2.23. The Bertz CT molecular complexity index is 847. The molecule has 0 bridgehead atoms. The van der Waals surface area contributed by atoms with E-state index in [0.717, 1.165) is 11.3 Å². The number of methoxy groups -OCH3 is 1. The maximum absolute atomic E-state index is 12.2. The van der Waals surface area contributed by atoms with Gasteiger partial charge in [0.05, 0.1) is 13.7 Å². The summed E-state index contributed by atoms with van der Waals surface area (Å²) < 4.78 is 16.2. The molecule has 1 heterocycles. The van der Waals surface area contributed by atoms with Gasteiger partial charge in [-0.1, -0.05) is 18.2 Å². The van der Waals surface area contributed by atoms with E-state index in [-0.39, 0.29) is 19.1 Å². The standard InChI is InChI=1S/C19H19N3O4/c1-22(18(23)13-25-16-10-8-15(24-2)9-11-16)12-17-20-21-19(26-17)14-6-4-3-5-7-14/h3-11H,12-13H2,1-2H3. The third-order valence-corrected chi connectivity index (χ3v) is 3.71. The minimum Gasteiger partial charge on any atom is -0.497 e. The van der Waals surface area contributed by atoms with Crippen molar-refractivity contribution in [3.8, 4) is 23.0 Å². The van der Waals surface area contributed by atoms with Gasteiger partial charge in [0.2, 0.25) is 11.8 Å². The van der Waals surface area contributed by atoms with Crippen molar-refractivity contribution < 1.29 is 18.7 Å². The first-order valence-corrected chi connectivity index (χ1v) is 8.04. The van der Waals surface area contributed by atoms with Gasteiger partial charge in [0.25, 0.3) is 5.91 Å². The van der Waals surface area contributed by atoms with Crippen molar-refractivity contribution >= 4 is 5.91 Å². The molecule has 0 aliphatic rings. The second-order valence-electron chi connectivity index (χ2n) is 5.58. The molecule has 0 saturated carbocycles. The van der Waals surface area contributed by atoms with Crippen LogP contribution in [-0.2, 0) is 11.3 Å². The van der Waals surface area contributed by atoms with Gasteiger partial charge >= 0.3 is 0 Å². The Morgan fingerprint density at radius 1 is 1.04 bits per heavy atom. The van der Waals surface area contributed by atoms with Crippen LogP contribution in [-0.4, -0.2) is 41.8 Å². The lowest BCUT2D eigenvalue weighted by molar-refractivity contribution is -0.132. The molecule has 26 heavy (non-hydrogen) atoms. The summed E-state index contributed by atoms with van der Waals surface area (Å²) in [7, 11) is 3.25. The smallest absolute Gasteiger partial charge is 0.260 e. The van der Waals surface area contributed by atoms with Crippen LogP contribution in [0.5, 0.6) is 11.5 Å². The summed E-state index contributed by atoms with van der Waals surface area (Å²) >= 11 is 0. The zero-order chi connectivity index (χ0) is 18.4. The molecule has 0 saturated heterocycles. The Balaban J connectivity index is 1.53. The van der Waals surface area contributed by atoms with Crippen molar-refractivity contribution in [2.24, 2.45) is 0 Å². The highest BCUT2D eigenvalue weighted by molar-refractivity contribution is 5.77. The van der Waals surface area contributed by atoms with Gasteiger partial charge in [0, 0.05) is 12.6 Å². The lowest BCUT2D eigenvalue weighted by Crippen LogP contribution is -2.31. The third-order valence-electron chi connectivity index (χ3n) is 3.71. The second kappa shape index (κ2) is 8.15. The van der Waals surface area contributed by atoms with E-state index in [0.29, 0.717) is 17.5 Å². The number of rotatable bonds is 7. The van der Waals surface area contributed by atoms with E-state index in [1.807, 2.05) is 30.3 Å². The molecule has 0 atom stereocenters. The zero-order valence-electron chi connectivity index (χ0n) is 14.6. The quantitative estimate of drug-likeness (QED) is 0.650. The molecular weight excluding hydrogens is 334 g/mol. The molecule has 0 aliphatic carbocycles. The fourth-order valence-corrected chi connectivity index (χ4v) is 2.23. The first kappa shape index (κ1) is 17.5. The van der Waals surface area contributed by atoms with E-state index in [2.05, 4.69) is 10.2 Å². The van der Waals surface area contributed by atoms with Crippen molar-refractivity contribution in [3.63, 3.8) is 0 Å². The van der Waals surface area contributed by atoms with Crippen LogP contribution in [0.25, 0.3) is 11.5 Å². The van der Waals surface area contributed by atoms with E-state index in [4.69, 9.17) is 13.9 Å². The van der Waals surface area contributed by atoms with Crippen molar-refractivity contribution in [2.45, 2.75) is 6.54 Å². The average Bonchev–Trinajstić information content (AvgIpc) is 3.15. The maximum Gasteiger partial charge on any atom is 0.260 e. The number of nitrogens with zero attached hydrogens (tertiary/aromatic N) is 3. The summed E-state index contributed by atoms with van der Waals surface area (Å²) in [4.78, 5) is 13.7. The lowest BCUT2D eigenvalue weighted by atomic mass is 10.2. The van der Waals surface area contributed by atoms with E-state index < -0.39 is 0 Å². The Morgan fingerprint density at radius 2 is 1.73 bits per heavy atom. The Kier molecular flexibility index (Phi) is 5.48. The third kappa shape index (κ3) is 4.38. The number of carbonyl (C=O) groups is 1. The van der Waals surface area contributed by atoms with E-state index in [1.54, 1.807) is 38.4 Å². The molecule has 134 valence electrons. The molecule has 0 aliphatic heterocycles. The van der Waals surface area contributed by atoms with Crippen LogP contribution in [0.1, 0.15) is 5.89 Å². The summed E-state index contributed by atoms with van der Waals surface area (Å²) in [6, 6.07) is 16.5. The van der Waals surface area contributed by atoms with Crippen molar-refractivity contribution in [1.82, 2.24) is 15.1 Å². The molecule has 0 unspecified atom stereocenters. The van der Waals surface area contributed by atoms with Gasteiger partial charge in [0.15, 0.2) is 6.61 Å². The summed E-state index contributed by atoms with van der Waals surface area (Å²) in [5, 5.41) is 8.00. The number of carbonyl (C=O) groups excluding carboxylic acids is 1. The Hall–Kier alpha value is -3.35. The van der Waals surface area contributed by atoms with Crippen LogP contribution >= 0.6 is 0 Å². The summed E-state index contributed by atoms with van der Waals surface area (Å²) in [6.45, 7) is 0.132. The van der Waals surface area contributed by atoms with Crippen molar-refractivity contribution in [1.29, 1.82) is 0 Å². The van der Waals surface area contributed by atoms with Gasteiger partial charge in [-0.15, -0.1) is 10.2 Å². The number of benzene rings is 2. The summed E-state index contributed by atoms with van der Waals surface area (Å²) in [5.41, 5.74) is 0.836. The highest BCUT2D eigenvalue weighted by Crippen LogP contribution is 2.18. The molecule has 0 radical (unpaired) electrons. The maximum atomic E-state index is 12.2. The Morgan fingerprint density at radius 3 is 2.42 bits per heavy atom. The van der Waals surface area contributed by atoms with Crippen LogP contribution in [0.2, 0.25) is 0 Å². The number of ether oxygens (including phenoxy) is 2. The predicted octanol–water partition coefficient (Wildman–Crippen LogP) is 2.78. The van der Waals surface area contributed by atoms with Crippen LogP contribution in [0.4, 0.5) is 0 Å². The zero-order valence-corrected chi connectivity index (χ0v) is 14.6. The second-order valence-corrected chi connectivity index (χ2v) is 5.58. The molecule has 0 spiro atoms. The SMILES string of the molecule is COc1ccc(OCC(=O)N(C)Cc2nnc(-c3ccccc3)o2)cc1. The monoisotopic (exact) mass is 353 g/mol. The molecule has 2 aromatic carbocycles. The number of hydrogen-bond acceptors (Lipinski definition) is 6. The van der Waals surface area contributed by atoms with Crippen LogP contribution in [0.3, 0.4) is 0 Å². The van der Waals surface area contributed by atoms with Gasteiger partial charge in [-0.3, -0.25) is 4.79 Å². The average molecular weight is 353 g/mol. The van der Waals surface area contributed by atoms with Crippen LogP contribution in [0.15, 0.2) is 59.0 Å². The molecule has 1 amide bonds. The molecule has 3 rings (SSSR count). The minimum atomic E-state index is -0.194. The lowest BCUT2D eigenvalue weighted by Gasteiger charge is -2.15. The van der Waals surface area contributed by atoms with Crippen LogP contribution < -0.4 is 9.47 Å². The van der Waals surface area contributed by atoms with Crippen LogP contribution in [0, 0.1) is 0 Å². The summed E-state index contributed by atoms with van der Waals surface area (Å²) in [5.74, 6) is 1.92. The topological polar surface area (TPSA) is 77.7 Å². The van der Waals surface area contributed by atoms with Gasteiger partial charge in [-0.05, 0) is 36.4 Å². The van der Waals surface area contributed by atoms with E-state index >= 15 is 0 Å². The van der Waals surface area contributed by atoms with Gasteiger partial charge < -0.3 is 18.8 Å². The fraction of sp³-hybridized carbons (Fsp3) is 0.211. The number of amides is 1. The Labute approximate surface area is 151 Å². The summed E-state index contributed by atoms with van der Waals surface area (Å²) in [6.07, 6.45) is 0. The number of aromatic nitrogens is 2.